The largest absolute Gasteiger partial charge is 0.467 e. The Morgan fingerprint density at radius 3 is 2.68 bits per heavy atom. The summed E-state index contributed by atoms with van der Waals surface area (Å²) >= 11 is 0. The van der Waals surface area contributed by atoms with E-state index in [1.807, 2.05) is 13.2 Å². The normalized spacial score (nSPS) is 10.3. The summed E-state index contributed by atoms with van der Waals surface area (Å²) in [6, 6.07) is 0.264. The Morgan fingerprint density at radius 1 is 1.26 bits per heavy atom. The summed E-state index contributed by atoms with van der Waals surface area (Å²) < 4.78 is 6.75. The molecule has 0 aliphatic heterocycles. The third-order valence-corrected chi connectivity index (χ3v) is 2.29. The number of hydrogen-bond acceptors (Lipinski definition) is 7. The van der Waals surface area contributed by atoms with E-state index in [4.69, 9.17) is 4.74 Å². The van der Waals surface area contributed by atoms with Crippen LogP contribution in [0, 0.1) is 0 Å². The van der Waals surface area contributed by atoms with Crippen molar-refractivity contribution in [1.82, 2.24) is 24.7 Å². The first-order valence-electron chi connectivity index (χ1n) is 6.01. The quantitative estimate of drug-likeness (QED) is 0.808. The van der Waals surface area contributed by atoms with Crippen LogP contribution in [0.15, 0.2) is 12.4 Å². The summed E-state index contributed by atoms with van der Waals surface area (Å²) in [7, 11) is 3.36. The average Bonchev–Trinajstić information content (AvgIpc) is 2.81. The summed E-state index contributed by atoms with van der Waals surface area (Å²) in [5.41, 5.74) is 0.803. The van der Waals surface area contributed by atoms with E-state index < -0.39 is 0 Å². The van der Waals surface area contributed by atoms with Crippen molar-refractivity contribution >= 4 is 17.6 Å². The van der Waals surface area contributed by atoms with E-state index in [9.17, 15) is 0 Å². The molecule has 0 fully saturated rings. The molecule has 0 saturated heterocycles. The van der Waals surface area contributed by atoms with Crippen molar-refractivity contribution in [3.63, 3.8) is 0 Å². The highest BCUT2D eigenvalue weighted by Crippen LogP contribution is 2.15. The summed E-state index contributed by atoms with van der Waals surface area (Å²) in [6.45, 7) is 2.86. The second-order valence-corrected chi connectivity index (χ2v) is 3.92. The maximum atomic E-state index is 5.06. The predicted molar refractivity (Wildman–Crippen MR) is 71.7 cm³/mol. The number of aryl methyl sites for hydroxylation is 1. The number of ether oxygens (including phenoxy) is 1. The molecule has 0 atom stereocenters. The molecule has 2 aromatic rings. The van der Waals surface area contributed by atoms with Gasteiger partial charge in [0.1, 0.15) is 0 Å². The first-order chi connectivity index (χ1) is 9.21. The lowest BCUT2D eigenvalue weighted by Gasteiger charge is -2.07. The molecule has 0 spiro atoms. The van der Waals surface area contributed by atoms with Crippen LogP contribution in [0.1, 0.15) is 13.3 Å². The zero-order valence-corrected chi connectivity index (χ0v) is 11.2. The zero-order chi connectivity index (χ0) is 13.7. The van der Waals surface area contributed by atoms with Gasteiger partial charge in [-0.3, -0.25) is 4.68 Å². The van der Waals surface area contributed by atoms with Gasteiger partial charge in [0.05, 0.1) is 19.0 Å². The van der Waals surface area contributed by atoms with Crippen LogP contribution in [0.2, 0.25) is 0 Å². The van der Waals surface area contributed by atoms with Gasteiger partial charge in [0, 0.05) is 19.8 Å². The number of hydrogen-bond donors (Lipinski definition) is 2. The molecule has 0 unspecified atom stereocenters. The minimum Gasteiger partial charge on any atom is -0.467 e. The SMILES string of the molecule is CCCNc1nc(Nc2cnn(C)c2)nc(OC)n1. The Labute approximate surface area is 111 Å². The van der Waals surface area contributed by atoms with E-state index in [1.165, 1.54) is 7.11 Å². The van der Waals surface area contributed by atoms with E-state index >= 15 is 0 Å². The van der Waals surface area contributed by atoms with Gasteiger partial charge in [-0.1, -0.05) is 6.92 Å². The molecule has 0 aromatic carbocycles. The number of aromatic nitrogens is 5. The fourth-order valence-corrected chi connectivity index (χ4v) is 1.43. The molecule has 0 saturated carbocycles. The fourth-order valence-electron chi connectivity index (χ4n) is 1.43. The Morgan fingerprint density at radius 2 is 2.05 bits per heavy atom. The third kappa shape index (κ3) is 3.54. The number of methoxy groups -OCH3 is 1. The highest BCUT2D eigenvalue weighted by Gasteiger charge is 2.07. The third-order valence-electron chi connectivity index (χ3n) is 2.29. The van der Waals surface area contributed by atoms with Crippen molar-refractivity contribution in [2.75, 3.05) is 24.3 Å². The van der Waals surface area contributed by atoms with Gasteiger partial charge in [0.2, 0.25) is 11.9 Å². The Bertz CT molecular complexity index is 540. The lowest BCUT2D eigenvalue weighted by molar-refractivity contribution is 0.379. The van der Waals surface area contributed by atoms with Crippen molar-refractivity contribution in [2.24, 2.45) is 7.05 Å². The highest BCUT2D eigenvalue weighted by molar-refractivity contribution is 5.51. The van der Waals surface area contributed by atoms with Gasteiger partial charge in [-0.05, 0) is 6.42 Å². The van der Waals surface area contributed by atoms with Crippen LogP contribution < -0.4 is 15.4 Å². The van der Waals surface area contributed by atoms with Crippen LogP contribution >= 0.6 is 0 Å². The molecule has 0 radical (unpaired) electrons. The maximum absolute atomic E-state index is 5.06. The van der Waals surface area contributed by atoms with E-state index in [-0.39, 0.29) is 6.01 Å². The van der Waals surface area contributed by atoms with Gasteiger partial charge < -0.3 is 15.4 Å². The van der Waals surface area contributed by atoms with E-state index in [0.717, 1.165) is 18.7 Å². The highest BCUT2D eigenvalue weighted by atomic mass is 16.5. The fraction of sp³-hybridized carbons (Fsp3) is 0.455. The molecule has 8 nitrogen and oxygen atoms in total. The summed E-state index contributed by atoms with van der Waals surface area (Å²) in [4.78, 5) is 12.5. The lowest BCUT2D eigenvalue weighted by Crippen LogP contribution is -2.08. The molecular weight excluding hydrogens is 246 g/mol. The van der Waals surface area contributed by atoms with Crippen molar-refractivity contribution in [2.45, 2.75) is 13.3 Å². The summed E-state index contributed by atoms with van der Waals surface area (Å²) in [5, 5.41) is 10.2. The summed E-state index contributed by atoms with van der Waals surface area (Å²) in [5.74, 6) is 0.901. The van der Waals surface area contributed by atoms with Gasteiger partial charge in [-0.25, -0.2) is 0 Å². The van der Waals surface area contributed by atoms with E-state index in [0.29, 0.717) is 11.9 Å². The van der Waals surface area contributed by atoms with Crippen LogP contribution in [-0.4, -0.2) is 38.4 Å². The minimum atomic E-state index is 0.264. The molecule has 2 heterocycles. The van der Waals surface area contributed by atoms with Crippen molar-refractivity contribution < 1.29 is 4.74 Å². The van der Waals surface area contributed by atoms with Gasteiger partial charge >= 0.3 is 6.01 Å². The Kier molecular flexibility index (Phi) is 4.11. The van der Waals surface area contributed by atoms with Crippen LogP contribution in [0.5, 0.6) is 6.01 Å². The van der Waals surface area contributed by atoms with Crippen LogP contribution in [0.25, 0.3) is 0 Å². The average molecular weight is 263 g/mol. The number of anilines is 3. The minimum absolute atomic E-state index is 0.264. The van der Waals surface area contributed by atoms with Crippen molar-refractivity contribution in [3.05, 3.63) is 12.4 Å². The monoisotopic (exact) mass is 263 g/mol. The van der Waals surface area contributed by atoms with Gasteiger partial charge in [-0.2, -0.15) is 20.1 Å². The number of nitrogens with zero attached hydrogens (tertiary/aromatic N) is 5. The molecule has 2 N–H and O–H groups in total. The molecule has 8 heteroatoms. The number of nitrogens with one attached hydrogen (secondary N) is 2. The molecule has 0 amide bonds. The van der Waals surface area contributed by atoms with Gasteiger partial charge in [0.15, 0.2) is 0 Å². The van der Waals surface area contributed by atoms with Crippen LogP contribution in [0.3, 0.4) is 0 Å². The second kappa shape index (κ2) is 5.98. The molecular formula is C11H17N7O. The van der Waals surface area contributed by atoms with E-state index in [2.05, 4.69) is 37.6 Å². The topological polar surface area (TPSA) is 89.8 Å². The number of rotatable bonds is 6. The standard InChI is InChI=1S/C11H17N7O/c1-4-5-12-9-15-10(17-11(16-9)19-3)14-8-6-13-18(2)7-8/h6-7H,4-5H2,1-3H3,(H2,12,14,15,16,17). The van der Waals surface area contributed by atoms with Crippen LogP contribution in [-0.2, 0) is 7.05 Å². The molecule has 19 heavy (non-hydrogen) atoms. The van der Waals surface area contributed by atoms with Gasteiger partial charge in [-0.15, -0.1) is 0 Å². The Balaban J connectivity index is 2.18. The first-order valence-corrected chi connectivity index (χ1v) is 6.01. The lowest BCUT2D eigenvalue weighted by atomic mass is 10.5. The molecule has 2 rings (SSSR count). The van der Waals surface area contributed by atoms with Crippen molar-refractivity contribution in [3.8, 4) is 6.01 Å². The molecule has 0 aliphatic rings. The Hall–Kier alpha value is -2.38. The van der Waals surface area contributed by atoms with E-state index in [1.54, 1.807) is 10.9 Å². The predicted octanol–water partition coefficient (Wildman–Crippen LogP) is 1.18. The molecule has 102 valence electrons. The van der Waals surface area contributed by atoms with Crippen LogP contribution in [0.4, 0.5) is 17.6 Å². The second-order valence-electron chi connectivity index (χ2n) is 3.92. The maximum Gasteiger partial charge on any atom is 0.322 e. The smallest absolute Gasteiger partial charge is 0.322 e. The van der Waals surface area contributed by atoms with Gasteiger partial charge in [0.25, 0.3) is 0 Å². The van der Waals surface area contributed by atoms with Crippen molar-refractivity contribution in [1.29, 1.82) is 0 Å². The summed E-state index contributed by atoms with van der Waals surface area (Å²) in [6.07, 6.45) is 4.50. The molecule has 0 aliphatic carbocycles. The molecule has 2 aromatic heterocycles. The zero-order valence-electron chi connectivity index (χ0n) is 11.2. The first kappa shape index (κ1) is 13.1. The molecule has 0 bridgehead atoms.